The summed E-state index contributed by atoms with van der Waals surface area (Å²) in [5.74, 6) is 0.354. The number of rotatable bonds is 3. The molecular weight excluding hydrogens is 407 g/mol. The van der Waals surface area contributed by atoms with Crippen LogP contribution in [0, 0.1) is 6.92 Å². The van der Waals surface area contributed by atoms with Crippen molar-refractivity contribution in [2.24, 2.45) is 4.99 Å². The van der Waals surface area contributed by atoms with Crippen molar-refractivity contribution in [2.75, 3.05) is 4.90 Å². The van der Waals surface area contributed by atoms with E-state index in [1.165, 1.54) is 17.0 Å². The number of aromatic hydroxyl groups is 1. The lowest BCUT2D eigenvalue weighted by molar-refractivity contribution is -0.113. The number of amides is 1. The number of phenolic OH excluding ortho intramolecular Hbond substituents is 1. The molecule has 0 bridgehead atoms. The van der Waals surface area contributed by atoms with Gasteiger partial charge in [0.2, 0.25) is 0 Å². The fourth-order valence-electron chi connectivity index (χ4n) is 3.02. The van der Waals surface area contributed by atoms with Gasteiger partial charge in [-0.1, -0.05) is 59.1 Å². The first-order chi connectivity index (χ1) is 13.9. The first kappa shape index (κ1) is 19.2. The highest BCUT2D eigenvalue weighted by Crippen LogP contribution is 2.30. The summed E-state index contributed by atoms with van der Waals surface area (Å²) >= 11 is 12.2. The second-order valence-corrected chi connectivity index (χ2v) is 7.50. The molecule has 4 nitrogen and oxygen atoms in total. The maximum atomic E-state index is 13.2. The van der Waals surface area contributed by atoms with Crippen molar-refractivity contribution < 1.29 is 9.90 Å². The summed E-state index contributed by atoms with van der Waals surface area (Å²) in [6.45, 7) is 2.00. The molecule has 0 saturated heterocycles. The standard InChI is InChI=1S/C23H16Cl2N2O2/c1-14-2-4-15(5-3-14)22-26-21(12-16-6-7-17(24)13-20(16)25)23(29)27(22)18-8-10-19(28)11-9-18/h2-13,28H,1H3/b21-12+. The van der Waals surface area contributed by atoms with E-state index >= 15 is 0 Å². The van der Waals surface area contributed by atoms with Crippen LogP contribution in [0.15, 0.2) is 77.4 Å². The third kappa shape index (κ3) is 3.90. The van der Waals surface area contributed by atoms with Gasteiger partial charge in [0.15, 0.2) is 0 Å². The molecular formula is C23H16Cl2N2O2. The van der Waals surface area contributed by atoms with Crippen molar-refractivity contribution in [3.63, 3.8) is 0 Å². The fraction of sp³-hybridized carbons (Fsp3) is 0.0435. The summed E-state index contributed by atoms with van der Waals surface area (Å²) in [5.41, 5.74) is 3.44. The summed E-state index contributed by atoms with van der Waals surface area (Å²) < 4.78 is 0. The third-order valence-corrected chi connectivity index (χ3v) is 5.10. The van der Waals surface area contributed by atoms with Crippen LogP contribution in [0.25, 0.3) is 6.08 Å². The number of hydrogen-bond acceptors (Lipinski definition) is 3. The molecule has 1 aliphatic rings. The van der Waals surface area contributed by atoms with Crippen LogP contribution < -0.4 is 4.90 Å². The van der Waals surface area contributed by atoms with Gasteiger partial charge in [0.05, 0.1) is 5.69 Å². The topological polar surface area (TPSA) is 52.9 Å². The van der Waals surface area contributed by atoms with Gasteiger partial charge >= 0.3 is 0 Å². The Morgan fingerprint density at radius 1 is 0.966 bits per heavy atom. The summed E-state index contributed by atoms with van der Waals surface area (Å²) in [7, 11) is 0. The highest BCUT2D eigenvalue weighted by atomic mass is 35.5. The molecule has 3 aromatic carbocycles. The molecule has 144 valence electrons. The van der Waals surface area contributed by atoms with Crippen LogP contribution in [0.1, 0.15) is 16.7 Å². The van der Waals surface area contributed by atoms with Gasteiger partial charge in [-0.2, -0.15) is 0 Å². The predicted molar refractivity (Wildman–Crippen MR) is 118 cm³/mol. The van der Waals surface area contributed by atoms with E-state index in [-0.39, 0.29) is 17.4 Å². The Bertz CT molecular complexity index is 1150. The van der Waals surface area contributed by atoms with Crippen molar-refractivity contribution in [1.82, 2.24) is 0 Å². The number of carbonyl (C=O) groups excluding carboxylic acids is 1. The number of halogens is 2. The van der Waals surface area contributed by atoms with E-state index in [2.05, 4.69) is 4.99 Å². The minimum Gasteiger partial charge on any atom is -0.508 e. The number of amidine groups is 1. The fourth-order valence-corrected chi connectivity index (χ4v) is 3.48. The molecule has 0 atom stereocenters. The molecule has 0 aliphatic carbocycles. The van der Waals surface area contributed by atoms with Crippen LogP contribution in [0.4, 0.5) is 5.69 Å². The lowest BCUT2D eigenvalue weighted by Gasteiger charge is -2.18. The third-order valence-electron chi connectivity index (χ3n) is 4.53. The van der Waals surface area contributed by atoms with Crippen LogP contribution in [0.2, 0.25) is 10.0 Å². The number of hydrogen-bond donors (Lipinski definition) is 1. The molecule has 0 saturated carbocycles. The van der Waals surface area contributed by atoms with E-state index < -0.39 is 0 Å². The van der Waals surface area contributed by atoms with Crippen molar-refractivity contribution in [2.45, 2.75) is 6.92 Å². The minimum absolute atomic E-state index is 0.123. The highest BCUT2D eigenvalue weighted by molar-refractivity contribution is 6.36. The zero-order valence-corrected chi connectivity index (χ0v) is 16.9. The van der Waals surface area contributed by atoms with Crippen molar-refractivity contribution in [3.8, 4) is 5.75 Å². The zero-order valence-electron chi connectivity index (χ0n) is 15.4. The summed E-state index contributed by atoms with van der Waals surface area (Å²) in [5, 5.41) is 10.6. The molecule has 0 aromatic heterocycles. The lowest BCUT2D eigenvalue weighted by atomic mass is 10.1. The van der Waals surface area contributed by atoms with Gasteiger partial charge in [-0.3, -0.25) is 9.69 Å². The van der Waals surface area contributed by atoms with Crippen molar-refractivity contribution in [1.29, 1.82) is 0 Å². The first-order valence-electron chi connectivity index (χ1n) is 8.88. The summed E-state index contributed by atoms with van der Waals surface area (Å²) in [4.78, 5) is 19.4. The average molecular weight is 423 g/mol. The van der Waals surface area contributed by atoms with Crippen LogP contribution in [-0.2, 0) is 4.79 Å². The highest BCUT2D eigenvalue weighted by Gasteiger charge is 2.32. The van der Waals surface area contributed by atoms with E-state index in [0.717, 1.165) is 11.1 Å². The molecule has 3 aromatic rings. The molecule has 1 N–H and O–H groups in total. The van der Waals surface area contributed by atoms with Gasteiger partial charge in [0.25, 0.3) is 5.91 Å². The molecule has 29 heavy (non-hydrogen) atoms. The van der Waals surface area contributed by atoms with Gasteiger partial charge in [-0.15, -0.1) is 0 Å². The second-order valence-electron chi connectivity index (χ2n) is 6.65. The Balaban J connectivity index is 1.83. The quantitative estimate of drug-likeness (QED) is 0.538. The number of aliphatic imine (C=N–C) groups is 1. The second kappa shape index (κ2) is 7.74. The molecule has 1 amide bonds. The van der Waals surface area contributed by atoms with E-state index in [1.54, 1.807) is 36.4 Å². The van der Waals surface area contributed by atoms with E-state index in [9.17, 15) is 9.90 Å². The van der Waals surface area contributed by atoms with Crippen LogP contribution in [0.5, 0.6) is 5.75 Å². The number of nitrogens with zero attached hydrogens (tertiary/aromatic N) is 2. The number of anilines is 1. The monoisotopic (exact) mass is 422 g/mol. The number of carbonyl (C=O) groups is 1. The van der Waals surface area contributed by atoms with Crippen molar-refractivity contribution in [3.05, 3.63) is 99.2 Å². The summed E-state index contributed by atoms with van der Waals surface area (Å²) in [6.07, 6.45) is 1.65. The van der Waals surface area contributed by atoms with Gasteiger partial charge in [-0.25, -0.2) is 4.99 Å². The van der Waals surface area contributed by atoms with E-state index in [0.29, 0.717) is 27.1 Å². The maximum Gasteiger partial charge on any atom is 0.282 e. The zero-order chi connectivity index (χ0) is 20.5. The smallest absolute Gasteiger partial charge is 0.282 e. The number of benzene rings is 3. The average Bonchev–Trinajstić information content (AvgIpc) is 3.01. The van der Waals surface area contributed by atoms with E-state index in [4.69, 9.17) is 23.2 Å². The lowest BCUT2D eigenvalue weighted by Crippen LogP contribution is -2.32. The Morgan fingerprint density at radius 3 is 2.31 bits per heavy atom. The molecule has 1 aliphatic heterocycles. The van der Waals surface area contributed by atoms with Gasteiger partial charge in [0.1, 0.15) is 17.3 Å². The molecule has 1 heterocycles. The molecule has 0 unspecified atom stereocenters. The molecule has 4 rings (SSSR count). The van der Waals surface area contributed by atoms with Gasteiger partial charge in [0, 0.05) is 15.6 Å². The Morgan fingerprint density at radius 2 is 1.66 bits per heavy atom. The molecule has 0 radical (unpaired) electrons. The van der Waals surface area contributed by atoms with Crippen LogP contribution >= 0.6 is 23.2 Å². The Kier molecular flexibility index (Phi) is 5.14. The van der Waals surface area contributed by atoms with Crippen LogP contribution in [-0.4, -0.2) is 16.8 Å². The molecule has 0 spiro atoms. The normalized spacial score (nSPS) is 15.1. The predicted octanol–water partition coefficient (Wildman–Crippen LogP) is 5.84. The summed E-state index contributed by atoms with van der Waals surface area (Å²) in [6, 6.07) is 19.3. The number of phenols is 1. The van der Waals surface area contributed by atoms with Gasteiger partial charge in [-0.05, 0) is 55.0 Å². The minimum atomic E-state index is -0.280. The molecule has 0 fully saturated rings. The Labute approximate surface area is 178 Å². The van der Waals surface area contributed by atoms with Crippen molar-refractivity contribution >= 4 is 46.7 Å². The largest absolute Gasteiger partial charge is 0.508 e. The maximum absolute atomic E-state index is 13.2. The SMILES string of the molecule is Cc1ccc(C2=N/C(=C/c3ccc(Cl)cc3Cl)C(=O)N2c2ccc(O)cc2)cc1. The van der Waals surface area contributed by atoms with Crippen LogP contribution in [0.3, 0.4) is 0 Å². The Hall–Kier alpha value is -3.08. The molecule has 6 heteroatoms. The first-order valence-corrected chi connectivity index (χ1v) is 9.64. The number of aryl methyl sites for hydroxylation is 1. The van der Waals surface area contributed by atoms with Gasteiger partial charge < -0.3 is 5.11 Å². The van der Waals surface area contributed by atoms with E-state index in [1.807, 2.05) is 31.2 Å².